The maximum absolute atomic E-state index is 12.4. The number of rotatable bonds is 7. The zero-order valence-corrected chi connectivity index (χ0v) is 17.4. The molecule has 150 valence electrons. The van der Waals surface area contributed by atoms with Crippen LogP contribution in [0.5, 0.6) is 0 Å². The van der Waals surface area contributed by atoms with Gasteiger partial charge in [-0.15, -0.1) is 10.2 Å². The van der Waals surface area contributed by atoms with E-state index in [9.17, 15) is 4.79 Å². The third-order valence-corrected chi connectivity index (χ3v) is 6.04. The van der Waals surface area contributed by atoms with Gasteiger partial charge in [0.05, 0.1) is 18.2 Å². The molecule has 0 aliphatic heterocycles. The number of hydrogen-bond acceptors (Lipinski definition) is 5. The van der Waals surface area contributed by atoms with Crippen LogP contribution in [0.1, 0.15) is 54.0 Å². The Bertz CT molecular complexity index is 971. The quantitative estimate of drug-likeness (QED) is 0.584. The summed E-state index contributed by atoms with van der Waals surface area (Å²) in [5.41, 5.74) is 5.16. The predicted molar refractivity (Wildman–Crippen MR) is 114 cm³/mol. The molecule has 0 fully saturated rings. The van der Waals surface area contributed by atoms with E-state index in [1.807, 2.05) is 37.3 Å². The van der Waals surface area contributed by atoms with Gasteiger partial charge in [-0.2, -0.15) is 0 Å². The van der Waals surface area contributed by atoms with Gasteiger partial charge in [0, 0.05) is 0 Å². The molecule has 4 rings (SSSR count). The highest BCUT2D eigenvalue weighted by Gasteiger charge is 2.15. The smallest absolute Gasteiger partial charge is 0.277 e. The number of fused-ring (bicyclic) bond motifs is 1. The van der Waals surface area contributed by atoms with E-state index in [1.54, 1.807) is 0 Å². The van der Waals surface area contributed by atoms with Crippen molar-refractivity contribution in [3.63, 3.8) is 0 Å². The number of carbonyl (C=O) groups excluding carboxylic acids is 1. The minimum absolute atomic E-state index is 0.0216. The molecule has 1 amide bonds. The second kappa shape index (κ2) is 9.27. The predicted octanol–water partition coefficient (Wildman–Crippen LogP) is 4.51. The third kappa shape index (κ3) is 5.26. The number of hydrogen-bond donors (Lipinski definition) is 1. The van der Waals surface area contributed by atoms with Crippen LogP contribution in [0.15, 0.2) is 58.2 Å². The molecule has 0 saturated carbocycles. The molecule has 0 radical (unpaired) electrons. The maximum Gasteiger partial charge on any atom is 0.277 e. The topological polar surface area (TPSA) is 68.0 Å². The first kappa shape index (κ1) is 19.7. The molecule has 1 aliphatic rings. The van der Waals surface area contributed by atoms with E-state index in [2.05, 4.69) is 33.7 Å². The average molecular weight is 408 g/mol. The molecule has 0 unspecified atom stereocenters. The summed E-state index contributed by atoms with van der Waals surface area (Å²) in [5, 5.41) is 11.6. The standard InChI is InChI=1S/C23H25N3O2S/c1-16(19-12-11-18-9-5-6-10-20(18)14-19)24-21(27)15-29-23-26-25-22(28-23)13-17-7-3-2-4-8-17/h2-4,7-8,11-12,14,16H,5-6,9-10,13,15H2,1H3,(H,24,27)/t16-/m0/s1. The lowest BCUT2D eigenvalue weighted by Crippen LogP contribution is -2.28. The fraction of sp³-hybridized carbons (Fsp3) is 0.348. The number of benzene rings is 2. The van der Waals surface area contributed by atoms with Crippen LogP contribution in [0.2, 0.25) is 0 Å². The van der Waals surface area contributed by atoms with Gasteiger partial charge in [0.2, 0.25) is 11.8 Å². The van der Waals surface area contributed by atoms with Crippen LogP contribution in [-0.4, -0.2) is 21.9 Å². The van der Waals surface area contributed by atoms with Gasteiger partial charge in [-0.1, -0.05) is 60.3 Å². The first-order chi connectivity index (χ1) is 14.2. The summed E-state index contributed by atoms with van der Waals surface area (Å²) in [6.45, 7) is 2.03. The van der Waals surface area contributed by atoms with Crippen LogP contribution in [-0.2, 0) is 24.1 Å². The SMILES string of the molecule is C[C@H](NC(=O)CSc1nnc(Cc2ccccc2)o1)c1ccc2c(c1)CCCC2. The summed E-state index contributed by atoms with van der Waals surface area (Å²) in [6.07, 6.45) is 5.43. The lowest BCUT2D eigenvalue weighted by Gasteiger charge is -2.20. The molecule has 1 aromatic heterocycles. The number of aryl methyl sites for hydroxylation is 2. The van der Waals surface area contributed by atoms with Gasteiger partial charge in [0.1, 0.15) is 0 Å². The molecule has 0 bridgehead atoms. The van der Waals surface area contributed by atoms with Crippen LogP contribution in [0.25, 0.3) is 0 Å². The van der Waals surface area contributed by atoms with E-state index >= 15 is 0 Å². The highest BCUT2D eigenvalue weighted by molar-refractivity contribution is 7.99. The molecule has 1 atom stereocenters. The van der Waals surface area contributed by atoms with Crippen molar-refractivity contribution in [1.29, 1.82) is 0 Å². The van der Waals surface area contributed by atoms with Crippen molar-refractivity contribution in [2.45, 2.75) is 50.3 Å². The fourth-order valence-corrected chi connectivity index (χ4v) is 4.25. The van der Waals surface area contributed by atoms with Gasteiger partial charge in [-0.05, 0) is 54.9 Å². The Labute approximate surface area is 175 Å². The van der Waals surface area contributed by atoms with E-state index in [0.717, 1.165) is 17.5 Å². The summed E-state index contributed by atoms with van der Waals surface area (Å²) in [6, 6.07) is 16.6. The molecule has 0 spiro atoms. The van der Waals surface area contributed by atoms with Crippen LogP contribution in [0.3, 0.4) is 0 Å². The van der Waals surface area contributed by atoms with Gasteiger partial charge in [0.15, 0.2) is 0 Å². The molecular formula is C23H25N3O2S. The van der Waals surface area contributed by atoms with Crippen molar-refractivity contribution in [2.24, 2.45) is 0 Å². The zero-order chi connectivity index (χ0) is 20.1. The summed E-state index contributed by atoms with van der Waals surface area (Å²) in [4.78, 5) is 12.4. The molecule has 6 heteroatoms. The van der Waals surface area contributed by atoms with Crippen molar-refractivity contribution in [1.82, 2.24) is 15.5 Å². The lowest BCUT2D eigenvalue weighted by molar-refractivity contribution is -0.119. The molecule has 1 aliphatic carbocycles. The highest BCUT2D eigenvalue weighted by Crippen LogP contribution is 2.25. The number of carbonyl (C=O) groups is 1. The minimum Gasteiger partial charge on any atom is -0.416 e. The third-order valence-electron chi connectivity index (χ3n) is 5.22. The molecule has 1 heterocycles. The average Bonchev–Trinajstić information content (AvgIpc) is 3.20. The van der Waals surface area contributed by atoms with Gasteiger partial charge in [-0.25, -0.2) is 0 Å². The van der Waals surface area contributed by atoms with Crippen molar-refractivity contribution >= 4 is 17.7 Å². The number of nitrogens with zero attached hydrogens (tertiary/aromatic N) is 2. The number of thioether (sulfide) groups is 1. The van der Waals surface area contributed by atoms with Gasteiger partial charge >= 0.3 is 0 Å². The summed E-state index contributed by atoms with van der Waals surface area (Å²) < 4.78 is 5.65. The van der Waals surface area contributed by atoms with Crippen LogP contribution in [0, 0.1) is 0 Å². The normalized spacial score (nSPS) is 14.2. The molecule has 0 saturated heterocycles. The van der Waals surface area contributed by atoms with E-state index in [4.69, 9.17) is 4.42 Å². The van der Waals surface area contributed by atoms with E-state index < -0.39 is 0 Å². The Hall–Kier alpha value is -2.60. The lowest BCUT2D eigenvalue weighted by atomic mass is 9.89. The molecular weight excluding hydrogens is 382 g/mol. The monoisotopic (exact) mass is 407 g/mol. The van der Waals surface area contributed by atoms with Gasteiger partial charge in [0.25, 0.3) is 5.22 Å². The number of aromatic nitrogens is 2. The fourth-order valence-electron chi connectivity index (χ4n) is 3.65. The summed E-state index contributed by atoms with van der Waals surface area (Å²) in [5.74, 6) is 0.770. The molecule has 2 aromatic carbocycles. The molecule has 1 N–H and O–H groups in total. The number of nitrogens with one attached hydrogen (secondary N) is 1. The van der Waals surface area contributed by atoms with E-state index in [-0.39, 0.29) is 17.7 Å². The van der Waals surface area contributed by atoms with Crippen LogP contribution in [0.4, 0.5) is 0 Å². The van der Waals surface area contributed by atoms with E-state index in [0.29, 0.717) is 17.5 Å². The van der Waals surface area contributed by atoms with Gasteiger partial charge in [-0.3, -0.25) is 4.79 Å². The molecule has 5 nitrogen and oxygen atoms in total. The summed E-state index contributed by atoms with van der Waals surface area (Å²) >= 11 is 1.27. The largest absolute Gasteiger partial charge is 0.416 e. The van der Waals surface area contributed by atoms with Crippen LogP contribution < -0.4 is 5.32 Å². The van der Waals surface area contributed by atoms with Crippen molar-refractivity contribution in [3.8, 4) is 0 Å². The zero-order valence-electron chi connectivity index (χ0n) is 16.6. The van der Waals surface area contributed by atoms with Crippen LogP contribution >= 0.6 is 11.8 Å². The van der Waals surface area contributed by atoms with Crippen molar-refractivity contribution < 1.29 is 9.21 Å². The Morgan fingerprint density at radius 3 is 2.72 bits per heavy atom. The molecule has 3 aromatic rings. The Morgan fingerprint density at radius 1 is 1.10 bits per heavy atom. The van der Waals surface area contributed by atoms with Crippen molar-refractivity contribution in [3.05, 3.63) is 76.7 Å². The highest BCUT2D eigenvalue weighted by atomic mass is 32.2. The second-order valence-corrected chi connectivity index (χ2v) is 8.36. The maximum atomic E-state index is 12.4. The molecule has 29 heavy (non-hydrogen) atoms. The van der Waals surface area contributed by atoms with Crippen molar-refractivity contribution in [2.75, 3.05) is 5.75 Å². The minimum atomic E-state index is -0.0389. The van der Waals surface area contributed by atoms with E-state index in [1.165, 1.54) is 42.2 Å². The Balaban J connectivity index is 1.28. The number of amides is 1. The Morgan fingerprint density at radius 2 is 1.90 bits per heavy atom. The summed E-state index contributed by atoms with van der Waals surface area (Å²) in [7, 11) is 0. The Kier molecular flexibility index (Phi) is 6.30. The first-order valence-electron chi connectivity index (χ1n) is 10.1. The second-order valence-electron chi connectivity index (χ2n) is 7.44. The van der Waals surface area contributed by atoms with Gasteiger partial charge < -0.3 is 9.73 Å². The first-order valence-corrected chi connectivity index (χ1v) is 11.1.